The van der Waals surface area contributed by atoms with Crippen LogP contribution in [0, 0.1) is 0 Å². The molecule has 7 nitrogen and oxygen atoms in total. The average Bonchev–Trinajstić information content (AvgIpc) is 3.35. The quantitative estimate of drug-likeness (QED) is 0.506. The molecule has 0 aliphatic carbocycles. The molecule has 2 aliphatic rings. The highest BCUT2D eigenvalue weighted by Gasteiger charge is 2.21. The van der Waals surface area contributed by atoms with Crippen molar-refractivity contribution in [2.24, 2.45) is 0 Å². The van der Waals surface area contributed by atoms with Crippen molar-refractivity contribution in [3.05, 3.63) is 70.6 Å². The van der Waals surface area contributed by atoms with Crippen LogP contribution in [0.3, 0.4) is 0 Å². The second kappa shape index (κ2) is 9.44. The topological polar surface area (TPSA) is 71.8 Å². The lowest BCUT2D eigenvalue weighted by atomic mass is 9.97. The Morgan fingerprint density at radius 1 is 1.00 bits per heavy atom. The van der Waals surface area contributed by atoms with Gasteiger partial charge in [0.1, 0.15) is 31.3 Å². The Balaban J connectivity index is 1.26. The predicted molar refractivity (Wildman–Crippen MR) is 120 cm³/mol. The lowest BCUT2D eigenvalue weighted by Gasteiger charge is -2.22. The molecule has 0 N–H and O–H groups in total. The molecule has 7 heteroatoms. The highest BCUT2D eigenvalue weighted by atomic mass is 16.5. The molecule has 3 heterocycles. The van der Waals surface area contributed by atoms with Crippen molar-refractivity contribution in [2.75, 3.05) is 26.4 Å². The number of rotatable bonds is 8. The normalized spacial score (nSPS) is 16.8. The van der Waals surface area contributed by atoms with Crippen LogP contribution in [0.4, 0.5) is 0 Å². The Morgan fingerprint density at radius 2 is 1.84 bits per heavy atom. The number of nitrogens with zero attached hydrogens (tertiary/aromatic N) is 2. The Bertz CT molecular complexity index is 1120. The van der Waals surface area contributed by atoms with Gasteiger partial charge in [-0.1, -0.05) is 18.2 Å². The molecule has 0 spiro atoms. The summed E-state index contributed by atoms with van der Waals surface area (Å²) in [6, 6.07) is 17.5. The van der Waals surface area contributed by atoms with Gasteiger partial charge < -0.3 is 18.9 Å². The molecule has 1 atom stereocenters. The lowest BCUT2D eigenvalue weighted by Crippen LogP contribution is -2.29. The summed E-state index contributed by atoms with van der Waals surface area (Å²) in [5.74, 6) is 1.97. The molecule has 1 saturated heterocycles. The fraction of sp³-hybridized carbons (Fsp3) is 0.360. The van der Waals surface area contributed by atoms with E-state index >= 15 is 0 Å². The lowest BCUT2D eigenvalue weighted by molar-refractivity contribution is 0.0661. The van der Waals surface area contributed by atoms with E-state index in [0.717, 1.165) is 54.2 Å². The number of ether oxygens (including phenoxy) is 4. The largest absolute Gasteiger partial charge is 0.490 e. The van der Waals surface area contributed by atoms with Crippen molar-refractivity contribution in [3.8, 4) is 28.6 Å². The number of aryl methyl sites for hydroxylation is 1. The van der Waals surface area contributed by atoms with Crippen molar-refractivity contribution in [3.63, 3.8) is 0 Å². The van der Waals surface area contributed by atoms with E-state index in [2.05, 4.69) is 4.98 Å². The number of aromatic nitrogens is 2. The fourth-order valence-electron chi connectivity index (χ4n) is 4.14. The molecule has 1 aromatic heterocycles. The summed E-state index contributed by atoms with van der Waals surface area (Å²) >= 11 is 0. The molecule has 2 aliphatic heterocycles. The van der Waals surface area contributed by atoms with E-state index in [0.29, 0.717) is 32.2 Å². The average molecular weight is 434 g/mol. The summed E-state index contributed by atoms with van der Waals surface area (Å²) < 4.78 is 24.6. The Labute approximate surface area is 186 Å². The third-order valence-corrected chi connectivity index (χ3v) is 5.75. The summed E-state index contributed by atoms with van der Waals surface area (Å²) in [4.78, 5) is 16.7. The van der Waals surface area contributed by atoms with Gasteiger partial charge in [-0.25, -0.2) is 4.79 Å². The number of benzene rings is 2. The van der Waals surface area contributed by atoms with Crippen LogP contribution in [0.15, 0.2) is 59.4 Å². The Kier molecular flexibility index (Phi) is 6.07. The first-order chi connectivity index (χ1) is 15.8. The van der Waals surface area contributed by atoms with Gasteiger partial charge in [-0.2, -0.15) is 4.98 Å². The minimum Gasteiger partial charge on any atom is -0.490 e. The van der Waals surface area contributed by atoms with Gasteiger partial charge in [0.15, 0.2) is 0 Å². The van der Waals surface area contributed by atoms with Gasteiger partial charge in [0.05, 0.1) is 11.8 Å². The monoisotopic (exact) mass is 434 g/mol. The molecule has 1 fully saturated rings. The van der Waals surface area contributed by atoms with Crippen LogP contribution in [0.5, 0.6) is 17.4 Å². The minimum atomic E-state index is -0.283. The summed E-state index contributed by atoms with van der Waals surface area (Å²) in [6.45, 7) is 2.69. The van der Waals surface area contributed by atoms with Crippen LogP contribution in [-0.4, -0.2) is 42.1 Å². The molecular weight excluding hydrogens is 408 g/mol. The van der Waals surface area contributed by atoms with Crippen LogP contribution in [0.1, 0.15) is 18.4 Å². The van der Waals surface area contributed by atoms with E-state index in [4.69, 9.17) is 18.9 Å². The second-order valence-electron chi connectivity index (χ2n) is 7.94. The maximum absolute atomic E-state index is 12.6. The maximum atomic E-state index is 12.6. The molecule has 2 aromatic carbocycles. The van der Waals surface area contributed by atoms with E-state index in [1.807, 2.05) is 54.6 Å². The van der Waals surface area contributed by atoms with Crippen LogP contribution < -0.4 is 19.9 Å². The van der Waals surface area contributed by atoms with Gasteiger partial charge in [-0.15, -0.1) is 0 Å². The first-order valence-electron chi connectivity index (χ1n) is 11.1. The summed E-state index contributed by atoms with van der Waals surface area (Å²) in [5, 5.41) is 0. The van der Waals surface area contributed by atoms with Crippen molar-refractivity contribution in [1.29, 1.82) is 0 Å². The third kappa shape index (κ3) is 4.62. The summed E-state index contributed by atoms with van der Waals surface area (Å²) in [5.41, 5.74) is 2.69. The molecule has 0 amide bonds. The van der Waals surface area contributed by atoms with E-state index in [-0.39, 0.29) is 11.8 Å². The zero-order valence-corrected chi connectivity index (χ0v) is 17.9. The zero-order chi connectivity index (χ0) is 21.8. The standard InChI is InChI=1S/C25H26N2O5/c28-25-26-24(32-17-21-7-4-12-29-21)16-23-22-9-8-20(15-18(22)10-11-27(23)25)31-14-13-30-19-5-2-1-3-6-19/h1-3,5-6,8-9,15-16,21H,4,7,10-14,17H2. The van der Waals surface area contributed by atoms with E-state index < -0.39 is 0 Å². The molecule has 0 bridgehead atoms. The van der Waals surface area contributed by atoms with Gasteiger partial charge in [0, 0.05) is 24.8 Å². The highest BCUT2D eigenvalue weighted by molar-refractivity contribution is 5.67. The zero-order valence-electron chi connectivity index (χ0n) is 17.9. The van der Waals surface area contributed by atoms with Crippen molar-refractivity contribution < 1.29 is 18.9 Å². The smallest absolute Gasteiger partial charge is 0.351 e. The fourth-order valence-corrected chi connectivity index (χ4v) is 4.14. The molecule has 0 saturated carbocycles. The third-order valence-electron chi connectivity index (χ3n) is 5.75. The number of para-hydroxylation sites is 1. The van der Waals surface area contributed by atoms with Crippen LogP contribution >= 0.6 is 0 Å². The van der Waals surface area contributed by atoms with E-state index in [1.54, 1.807) is 4.57 Å². The van der Waals surface area contributed by atoms with Crippen molar-refractivity contribution >= 4 is 0 Å². The molecule has 166 valence electrons. The van der Waals surface area contributed by atoms with Gasteiger partial charge >= 0.3 is 5.69 Å². The van der Waals surface area contributed by atoms with E-state index in [1.165, 1.54) is 0 Å². The highest BCUT2D eigenvalue weighted by Crippen LogP contribution is 2.32. The number of hydrogen-bond acceptors (Lipinski definition) is 6. The number of hydrogen-bond donors (Lipinski definition) is 0. The summed E-state index contributed by atoms with van der Waals surface area (Å²) in [6.07, 6.45) is 2.85. The van der Waals surface area contributed by atoms with Gasteiger partial charge in [0.2, 0.25) is 5.88 Å². The summed E-state index contributed by atoms with van der Waals surface area (Å²) in [7, 11) is 0. The SMILES string of the molecule is O=c1nc(OCC2CCCO2)cc2n1CCc1cc(OCCOc3ccccc3)ccc1-2. The first-order valence-corrected chi connectivity index (χ1v) is 11.1. The molecule has 5 rings (SSSR count). The minimum absolute atomic E-state index is 0.0773. The van der Waals surface area contributed by atoms with Gasteiger partial charge in [-0.3, -0.25) is 4.57 Å². The van der Waals surface area contributed by atoms with Crippen LogP contribution in [0.2, 0.25) is 0 Å². The maximum Gasteiger partial charge on any atom is 0.351 e. The molecular formula is C25H26N2O5. The van der Waals surface area contributed by atoms with Crippen molar-refractivity contribution in [2.45, 2.75) is 31.9 Å². The molecule has 32 heavy (non-hydrogen) atoms. The Hall–Kier alpha value is -3.32. The van der Waals surface area contributed by atoms with Crippen LogP contribution in [-0.2, 0) is 17.7 Å². The Morgan fingerprint density at radius 3 is 2.66 bits per heavy atom. The van der Waals surface area contributed by atoms with Crippen LogP contribution in [0.25, 0.3) is 11.3 Å². The van der Waals surface area contributed by atoms with Gasteiger partial charge in [0.25, 0.3) is 0 Å². The van der Waals surface area contributed by atoms with Gasteiger partial charge in [-0.05, 0) is 55.2 Å². The molecule has 0 radical (unpaired) electrons. The number of fused-ring (bicyclic) bond motifs is 3. The first kappa shape index (κ1) is 20.6. The second-order valence-corrected chi connectivity index (χ2v) is 7.94. The van der Waals surface area contributed by atoms with E-state index in [9.17, 15) is 4.79 Å². The van der Waals surface area contributed by atoms with Crippen molar-refractivity contribution in [1.82, 2.24) is 9.55 Å². The molecule has 3 aromatic rings. The molecule has 1 unspecified atom stereocenters. The predicted octanol–water partition coefficient (Wildman–Crippen LogP) is 3.48.